The Bertz CT molecular complexity index is 263. The third kappa shape index (κ3) is 3.74. The van der Waals surface area contributed by atoms with Crippen molar-refractivity contribution in [3.8, 4) is 0 Å². The molecule has 0 aromatic rings. The minimum absolute atomic E-state index is 0.215. The van der Waals surface area contributed by atoms with Gasteiger partial charge in [0.15, 0.2) is 0 Å². The van der Waals surface area contributed by atoms with Crippen LogP contribution in [0.4, 0.5) is 26.3 Å². The molecule has 2 nitrogen and oxygen atoms in total. The van der Waals surface area contributed by atoms with Crippen molar-refractivity contribution in [2.24, 2.45) is 11.8 Å². The topological polar surface area (TPSA) is 18.5 Å². The van der Waals surface area contributed by atoms with Crippen molar-refractivity contribution in [1.29, 1.82) is 0 Å². The minimum atomic E-state index is -3.98. The summed E-state index contributed by atoms with van der Waals surface area (Å²) in [6, 6.07) is 0. The smallest absolute Gasteiger partial charge is 0.324 e. The van der Waals surface area contributed by atoms with E-state index in [1.54, 1.807) is 0 Å². The second-order valence-electron chi connectivity index (χ2n) is 4.25. The Morgan fingerprint density at radius 3 is 1.61 bits per heavy atom. The van der Waals surface area contributed by atoms with Crippen molar-refractivity contribution < 1.29 is 35.8 Å². The van der Waals surface area contributed by atoms with Crippen LogP contribution in [0.3, 0.4) is 0 Å². The maximum atomic E-state index is 13.1. The quantitative estimate of drug-likeness (QED) is 0.712. The molecule has 1 rings (SSSR count). The van der Waals surface area contributed by atoms with E-state index in [0.29, 0.717) is 0 Å². The SMILES string of the molecule is COC(F)(F)C1CCC(C(F)(F)OC(F)F)CC1. The lowest BCUT2D eigenvalue weighted by atomic mass is 9.80. The predicted molar refractivity (Wildman–Crippen MR) is 49.4 cm³/mol. The first-order valence-corrected chi connectivity index (χ1v) is 5.45. The summed E-state index contributed by atoms with van der Waals surface area (Å²) in [5.74, 6) is -2.63. The largest absolute Gasteiger partial charge is 0.362 e. The highest BCUT2D eigenvalue weighted by Crippen LogP contribution is 2.44. The van der Waals surface area contributed by atoms with Crippen LogP contribution in [0.1, 0.15) is 25.7 Å². The van der Waals surface area contributed by atoms with Gasteiger partial charge in [-0.05, 0) is 25.7 Å². The molecular weight excluding hydrogens is 266 g/mol. The fourth-order valence-corrected chi connectivity index (χ4v) is 2.15. The van der Waals surface area contributed by atoms with Gasteiger partial charge in [-0.15, -0.1) is 0 Å². The Morgan fingerprint density at radius 2 is 1.28 bits per heavy atom. The monoisotopic (exact) mass is 280 g/mol. The van der Waals surface area contributed by atoms with E-state index in [-0.39, 0.29) is 25.7 Å². The van der Waals surface area contributed by atoms with Gasteiger partial charge in [0.25, 0.3) is 0 Å². The van der Waals surface area contributed by atoms with Gasteiger partial charge in [0.1, 0.15) is 0 Å². The standard InChI is InChI=1S/C10H14F6O2/c1-17-9(13,14)6-2-4-7(5-3-6)10(15,16)18-8(11)12/h6-8H,2-5H2,1H3. The van der Waals surface area contributed by atoms with Gasteiger partial charge in [-0.3, -0.25) is 4.74 Å². The second kappa shape index (κ2) is 5.64. The Labute approximate surface area is 100 Å². The summed E-state index contributed by atoms with van der Waals surface area (Å²) in [5, 5.41) is 0. The van der Waals surface area contributed by atoms with Crippen LogP contribution in [-0.2, 0) is 9.47 Å². The third-order valence-electron chi connectivity index (χ3n) is 3.20. The van der Waals surface area contributed by atoms with E-state index in [2.05, 4.69) is 9.47 Å². The van der Waals surface area contributed by atoms with Crippen LogP contribution < -0.4 is 0 Å². The maximum absolute atomic E-state index is 13.1. The Balaban J connectivity index is 2.53. The molecule has 0 aromatic carbocycles. The first-order chi connectivity index (χ1) is 8.19. The molecule has 0 heterocycles. The van der Waals surface area contributed by atoms with Gasteiger partial charge in [0.2, 0.25) is 0 Å². The van der Waals surface area contributed by atoms with E-state index in [4.69, 9.17) is 0 Å². The van der Waals surface area contributed by atoms with E-state index >= 15 is 0 Å². The number of halogens is 6. The minimum Gasteiger partial charge on any atom is -0.324 e. The van der Waals surface area contributed by atoms with E-state index in [1.165, 1.54) is 0 Å². The van der Waals surface area contributed by atoms with Crippen LogP contribution >= 0.6 is 0 Å². The van der Waals surface area contributed by atoms with Crippen LogP contribution in [0, 0.1) is 11.8 Å². The van der Waals surface area contributed by atoms with Gasteiger partial charge in [0.05, 0.1) is 11.8 Å². The van der Waals surface area contributed by atoms with Gasteiger partial charge in [-0.1, -0.05) is 0 Å². The van der Waals surface area contributed by atoms with Crippen molar-refractivity contribution in [1.82, 2.24) is 0 Å². The van der Waals surface area contributed by atoms with Gasteiger partial charge in [-0.25, -0.2) is 0 Å². The average molecular weight is 280 g/mol. The van der Waals surface area contributed by atoms with Crippen molar-refractivity contribution in [2.75, 3.05) is 7.11 Å². The lowest BCUT2D eigenvalue weighted by Gasteiger charge is -2.35. The molecule has 1 aliphatic rings. The zero-order valence-corrected chi connectivity index (χ0v) is 9.64. The molecule has 0 spiro atoms. The van der Waals surface area contributed by atoms with Crippen molar-refractivity contribution >= 4 is 0 Å². The lowest BCUT2D eigenvalue weighted by Crippen LogP contribution is -2.40. The molecule has 108 valence electrons. The highest BCUT2D eigenvalue weighted by atomic mass is 19.3. The number of hydrogen-bond acceptors (Lipinski definition) is 2. The van der Waals surface area contributed by atoms with E-state index in [1.807, 2.05) is 0 Å². The Kier molecular flexibility index (Phi) is 4.88. The summed E-state index contributed by atoms with van der Waals surface area (Å²) in [6.45, 7) is -3.59. The molecule has 0 amide bonds. The molecule has 0 saturated heterocycles. The normalized spacial score (nSPS) is 26.7. The van der Waals surface area contributed by atoms with E-state index in [0.717, 1.165) is 7.11 Å². The molecule has 1 saturated carbocycles. The molecule has 0 bridgehead atoms. The van der Waals surface area contributed by atoms with Crippen LogP contribution in [0.25, 0.3) is 0 Å². The average Bonchev–Trinajstić information content (AvgIpc) is 2.27. The van der Waals surface area contributed by atoms with Crippen molar-refractivity contribution in [2.45, 2.75) is 44.5 Å². The fourth-order valence-electron chi connectivity index (χ4n) is 2.15. The number of methoxy groups -OCH3 is 1. The Hall–Kier alpha value is -0.500. The molecule has 0 N–H and O–H groups in total. The van der Waals surface area contributed by atoms with Crippen LogP contribution in [-0.4, -0.2) is 25.9 Å². The molecule has 0 aromatic heterocycles. The van der Waals surface area contributed by atoms with Crippen molar-refractivity contribution in [3.63, 3.8) is 0 Å². The maximum Gasteiger partial charge on any atom is 0.362 e. The van der Waals surface area contributed by atoms with E-state index in [9.17, 15) is 26.3 Å². The molecule has 0 unspecified atom stereocenters. The van der Waals surface area contributed by atoms with Gasteiger partial charge in [0, 0.05) is 7.11 Å². The van der Waals surface area contributed by atoms with Crippen LogP contribution in [0.2, 0.25) is 0 Å². The second-order valence-corrected chi connectivity index (χ2v) is 4.25. The van der Waals surface area contributed by atoms with Gasteiger partial charge in [-0.2, -0.15) is 26.3 Å². The molecule has 1 aliphatic carbocycles. The van der Waals surface area contributed by atoms with Crippen LogP contribution in [0.5, 0.6) is 0 Å². The summed E-state index contributed by atoms with van der Waals surface area (Å²) in [6.07, 6.45) is -8.39. The molecule has 0 radical (unpaired) electrons. The molecule has 0 aliphatic heterocycles. The highest BCUT2D eigenvalue weighted by molar-refractivity contribution is 4.81. The molecular formula is C10H14F6O2. The lowest BCUT2D eigenvalue weighted by molar-refractivity contribution is -0.348. The fraction of sp³-hybridized carbons (Fsp3) is 1.00. The molecule has 18 heavy (non-hydrogen) atoms. The summed E-state index contributed by atoms with van der Waals surface area (Å²) in [4.78, 5) is 0. The first kappa shape index (κ1) is 15.6. The molecule has 0 atom stereocenters. The molecule has 8 heteroatoms. The number of hydrogen-bond donors (Lipinski definition) is 0. The number of alkyl halides is 6. The van der Waals surface area contributed by atoms with E-state index < -0.39 is 30.7 Å². The van der Waals surface area contributed by atoms with Crippen molar-refractivity contribution in [3.05, 3.63) is 0 Å². The third-order valence-corrected chi connectivity index (χ3v) is 3.20. The van der Waals surface area contributed by atoms with Gasteiger partial charge >= 0.3 is 18.8 Å². The Morgan fingerprint density at radius 1 is 0.889 bits per heavy atom. The highest BCUT2D eigenvalue weighted by Gasteiger charge is 2.49. The predicted octanol–water partition coefficient (Wildman–Crippen LogP) is 3.86. The first-order valence-electron chi connectivity index (χ1n) is 5.45. The molecule has 1 fully saturated rings. The number of rotatable bonds is 5. The summed E-state index contributed by atoms with van der Waals surface area (Å²) < 4.78 is 83.3. The van der Waals surface area contributed by atoms with Crippen LogP contribution in [0.15, 0.2) is 0 Å². The number of ether oxygens (including phenoxy) is 2. The summed E-state index contributed by atoms with van der Waals surface area (Å²) >= 11 is 0. The summed E-state index contributed by atoms with van der Waals surface area (Å²) in [5.41, 5.74) is 0. The summed E-state index contributed by atoms with van der Waals surface area (Å²) in [7, 11) is 0.834. The van der Waals surface area contributed by atoms with Gasteiger partial charge < -0.3 is 4.74 Å². The zero-order chi connectivity index (χ0) is 14.0. The zero-order valence-electron chi connectivity index (χ0n) is 9.64.